The molecule has 0 radical (unpaired) electrons. The van der Waals surface area contributed by atoms with E-state index in [1.165, 1.54) is 5.56 Å². The van der Waals surface area contributed by atoms with Crippen molar-refractivity contribution >= 4 is 23.6 Å². The van der Waals surface area contributed by atoms with Gasteiger partial charge in [-0.15, -0.1) is 0 Å². The fraction of sp³-hybridized carbons (Fsp3) is 0.143. The average Bonchev–Trinajstić information content (AvgIpc) is 3.25. The van der Waals surface area contributed by atoms with E-state index in [1.54, 1.807) is 7.11 Å². The Hall–Kier alpha value is -3.34. The number of nitrogens with zero attached hydrogens (tertiary/aromatic N) is 1. The van der Waals surface area contributed by atoms with Gasteiger partial charge in [0.15, 0.2) is 0 Å². The van der Waals surface area contributed by atoms with E-state index in [4.69, 9.17) is 4.74 Å². The number of hydrogen-bond donors (Lipinski definition) is 2. The van der Waals surface area contributed by atoms with Crippen molar-refractivity contribution in [1.82, 2.24) is 10.2 Å². The minimum Gasteiger partial charge on any atom is -0.497 e. The summed E-state index contributed by atoms with van der Waals surface area (Å²) in [5, 5.41) is 5.71. The van der Waals surface area contributed by atoms with Crippen LogP contribution in [0.2, 0.25) is 0 Å². The highest BCUT2D eigenvalue weighted by atomic mass is 16.5. The van der Waals surface area contributed by atoms with Crippen molar-refractivity contribution in [1.29, 1.82) is 0 Å². The Morgan fingerprint density at radius 3 is 2.65 bits per heavy atom. The molecule has 5 heteroatoms. The molecule has 0 atom stereocenters. The molecule has 0 bridgehead atoms. The smallest absolute Gasteiger partial charge is 0.271 e. The van der Waals surface area contributed by atoms with E-state index < -0.39 is 0 Å². The number of hydrogen-bond acceptors (Lipinski definition) is 3. The predicted octanol–water partition coefficient (Wildman–Crippen LogP) is 3.75. The second kappa shape index (κ2) is 6.88. The molecule has 4 rings (SSSR count). The molecule has 0 amide bonds. The van der Waals surface area contributed by atoms with Crippen LogP contribution in [0.15, 0.2) is 58.3 Å². The quantitative estimate of drug-likeness (QED) is 0.739. The van der Waals surface area contributed by atoms with E-state index >= 15 is 0 Å². The van der Waals surface area contributed by atoms with Crippen molar-refractivity contribution in [3.63, 3.8) is 0 Å². The molecule has 0 fully saturated rings. The Kier molecular flexibility index (Phi) is 4.27. The summed E-state index contributed by atoms with van der Waals surface area (Å²) in [5.41, 5.74) is 5.59. The average molecular weight is 345 g/mol. The number of rotatable bonds is 5. The van der Waals surface area contributed by atoms with Gasteiger partial charge in [0.2, 0.25) is 0 Å². The van der Waals surface area contributed by atoms with Gasteiger partial charge in [-0.25, -0.2) is 0 Å². The SMILES string of the molecule is COc1ccc(CCc2[nH][nH]c(=O)c2C=C2C=Nc3ccccc32)cc1. The van der Waals surface area contributed by atoms with Gasteiger partial charge in [0, 0.05) is 23.0 Å². The number of methoxy groups -OCH3 is 1. The number of aliphatic imine (C=N–C) groups is 1. The molecule has 3 aromatic rings. The third-order valence-electron chi connectivity index (χ3n) is 4.58. The number of nitrogens with one attached hydrogen (secondary N) is 2. The normalized spacial score (nSPS) is 14.0. The third kappa shape index (κ3) is 3.11. The van der Waals surface area contributed by atoms with E-state index in [1.807, 2.05) is 60.8 Å². The van der Waals surface area contributed by atoms with Crippen LogP contribution in [-0.4, -0.2) is 23.5 Å². The summed E-state index contributed by atoms with van der Waals surface area (Å²) < 4.78 is 5.18. The molecule has 0 spiro atoms. The van der Waals surface area contributed by atoms with Crippen LogP contribution in [0.25, 0.3) is 11.6 Å². The minimum atomic E-state index is -0.111. The molecular formula is C21H19N3O2. The predicted molar refractivity (Wildman–Crippen MR) is 104 cm³/mol. The first-order valence-corrected chi connectivity index (χ1v) is 8.52. The standard InChI is InChI=1S/C21H19N3O2/c1-26-16-9-6-14(7-10-16)8-11-20-18(21(25)24-23-20)12-15-13-22-19-5-3-2-4-17(15)19/h2-7,9-10,12-13H,8,11H2,1H3,(H2,23,24,25). The third-order valence-corrected chi connectivity index (χ3v) is 4.58. The number of benzene rings is 2. The van der Waals surface area contributed by atoms with Crippen molar-refractivity contribution in [2.24, 2.45) is 4.99 Å². The Bertz CT molecular complexity index is 1040. The monoisotopic (exact) mass is 345 g/mol. The maximum atomic E-state index is 12.2. The molecule has 0 saturated heterocycles. The molecule has 2 N–H and O–H groups in total. The molecule has 2 heterocycles. The largest absolute Gasteiger partial charge is 0.497 e. The Morgan fingerprint density at radius 1 is 1.04 bits per heavy atom. The molecule has 5 nitrogen and oxygen atoms in total. The maximum absolute atomic E-state index is 12.2. The highest BCUT2D eigenvalue weighted by Crippen LogP contribution is 2.32. The van der Waals surface area contributed by atoms with Crippen molar-refractivity contribution in [3.8, 4) is 5.75 Å². The molecule has 1 aliphatic rings. The molecule has 0 unspecified atom stereocenters. The summed E-state index contributed by atoms with van der Waals surface area (Å²) in [7, 11) is 1.66. The van der Waals surface area contributed by atoms with E-state index in [2.05, 4.69) is 15.2 Å². The van der Waals surface area contributed by atoms with E-state index in [0.717, 1.165) is 41.1 Å². The first-order chi connectivity index (χ1) is 12.7. The van der Waals surface area contributed by atoms with Gasteiger partial charge in [-0.1, -0.05) is 30.3 Å². The van der Waals surface area contributed by atoms with Gasteiger partial charge >= 0.3 is 0 Å². The molecule has 1 aromatic heterocycles. The van der Waals surface area contributed by atoms with Crippen LogP contribution in [-0.2, 0) is 12.8 Å². The van der Waals surface area contributed by atoms with Gasteiger partial charge in [0.25, 0.3) is 5.56 Å². The van der Waals surface area contributed by atoms with E-state index in [0.29, 0.717) is 5.56 Å². The number of para-hydroxylation sites is 1. The highest BCUT2D eigenvalue weighted by Gasteiger charge is 2.14. The first kappa shape index (κ1) is 16.1. The van der Waals surface area contributed by atoms with Gasteiger partial charge in [0.1, 0.15) is 5.75 Å². The van der Waals surface area contributed by atoms with Gasteiger partial charge in [-0.2, -0.15) is 0 Å². The molecular weight excluding hydrogens is 326 g/mol. The first-order valence-electron chi connectivity index (χ1n) is 8.52. The fourth-order valence-corrected chi connectivity index (χ4v) is 3.12. The summed E-state index contributed by atoms with van der Waals surface area (Å²) in [4.78, 5) is 16.6. The van der Waals surface area contributed by atoms with Gasteiger partial charge < -0.3 is 9.84 Å². The summed E-state index contributed by atoms with van der Waals surface area (Å²) in [5.74, 6) is 0.841. The lowest BCUT2D eigenvalue weighted by molar-refractivity contribution is 0.414. The Balaban J connectivity index is 1.57. The molecule has 130 valence electrons. The summed E-state index contributed by atoms with van der Waals surface area (Å²) in [6.45, 7) is 0. The number of aromatic amines is 2. The zero-order valence-corrected chi connectivity index (χ0v) is 14.5. The molecule has 26 heavy (non-hydrogen) atoms. The number of aryl methyl sites for hydroxylation is 2. The highest BCUT2D eigenvalue weighted by molar-refractivity contribution is 6.21. The van der Waals surface area contributed by atoms with Gasteiger partial charge in [0.05, 0.1) is 18.4 Å². The number of H-pyrrole nitrogens is 2. The Labute approximate surface area is 151 Å². The van der Waals surface area contributed by atoms with Crippen molar-refractivity contribution in [2.75, 3.05) is 7.11 Å². The maximum Gasteiger partial charge on any atom is 0.271 e. The second-order valence-corrected chi connectivity index (χ2v) is 6.19. The second-order valence-electron chi connectivity index (χ2n) is 6.19. The van der Waals surface area contributed by atoms with Crippen LogP contribution in [0.3, 0.4) is 0 Å². The Morgan fingerprint density at radius 2 is 1.85 bits per heavy atom. The summed E-state index contributed by atoms with van der Waals surface area (Å²) in [6, 6.07) is 15.9. The van der Waals surface area contributed by atoms with Crippen molar-refractivity contribution < 1.29 is 4.74 Å². The van der Waals surface area contributed by atoms with Crippen LogP contribution < -0.4 is 10.3 Å². The van der Waals surface area contributed by atoms with Crippen LogP contribution in [0.4, 0.5) is 5.69 Å². The molecule has 0 aliphatic carbocycles. The van der Waals surface area contributed by atoms with Crippen LogP contribution in [0, 0.1) is 0 Å². The molecule has 2 aromatic carbocycles. The molecule has 1 aliphatic heterocycles. The summed E-state index contributed by atoms with van der Waals surface area (Å²) >= 11 is 0. The lowest BCUT2D eigenvalue weighted by Gasteiger charge is -2.04. The number of fused-ring (bicyclic) bond motifs is 1. The number of ether oxygens (including phenoxy) is 1. The van der Waals surface area contributed by atoms with Crippen LogP contribution in [0.1, 0.15) is 22.4 Å². The number of aromatic nitrogens is 2. The van der Waals surface area contributed by atoms with Crippen molar-refractivity contribution in [3.05, 3.63) is 81.3 Å². The minimum absolute atomic E-state index is 0.111. The topological polar surface area (TPSA) is 70.2 Å². The van der Waals surface area contributed by atoms with Crippen LogP contribution in [0.5, 0.6) is 5.75 Å². The van der Waals surface area contributed by atoms with Crippen LogP contribution >= 0.6 is 0 Å². The zero-order valence-electron chi connectivity index (χ0n) is 14.5. The fourth-order valence-electron chi connectivity index (χ4n) is 3.12. The molecule has 0 saturated carbocycles. The summed E-state index contributed by atoms with van der Waals surface area (Å²) in [6.07, 6.45) is 5.29. The van der Waals surface area contributed by atoms with E-state index in [9.17, 15) is 4.79 Å². The van der Waals surface area contributed by atoms with Gasteiger partial charge in [-0.05, 0) is 42.7 Å². The lowest BCUT2D eigenvalue weighted by Crippen LogP contribution is -2.03. The van der Waals surface area contributed by atoms with E-state index in [-0.39, 0.29) is 5.56 Å². The van der Waals surface area contributed by atoms with Crippen molar-refractivity contribution in [2.45, 2.75) is 12.8 Å². The zero-order chi connectivity index (χ0) is 17.9. The van der Waals surface area contributed by atoms with Gasteiger partial charge in [-0.3, -0.25) is 14.9 Å². The number of allylic oxidation sites excluding steroid dienone is 1. The lowest BCUT2D eigenvalue weighted by atomic mass is 10.0.